The molecule has 1 heterocycles. The summed E-state index contributed by atoms with van der Waals surface area (Å²) in [5.74, 6) is -0.135. The molecule has 1 saturated heterocycles. The Balaban J connectivity index is 2.06. The Morgan fingerprint density at radius 2 is 2.35 bits per heavy atom. The number of nitrogen functional groups attached to an aromatic ring is 1. The van der Waals surface area contributed by atoms with E-state index in [1.165, 1.54) is 18.2 Å². The van der Waals surface area contributed by atoms with Crippen LogP contribution >= 0.6 is 0 Å². The Labute approximate surface area is 116 Å². The van der Waals surface area contributed by atoms with Crippen LogP contribution < -0.4 is 11.1 Å². The van der Waals surface area contributed by atoms with Crippen LogP contribution in [0.5, 0.6) is 0 Å². The fourth-order valence-corrected chi connectivity index (χ4v) is 2.27. The zero-order valence-corrected chi connectivity index (χ0v) is 11.2. The molecule has 0 bridgehead atoms. The molecule has 1 aliphatic heterocycles. The average Bonchev–Trinajstić information content (AvgIpc) is 2.81. The molecule has 1 amide bonds. The number of rotatable bonds is 4. The lowest BCUT2D eigenvalue weighted by atomic mass is 10.0. The van der Waals surface area contributed by atoms with Crippen molar-refractivity contribution in [2.75, 3.05) is 18.9 Å². The molecule has 7 nitrogen and oxygen atoms in total. The number of hydrogen-bond acceptors (Lipinski definition) is 5. The van der Waals surface area contributed by atoms with Crippen molar-refractivity contribution >= 4 is 17.3 Å². The topological polar surface area (TPSA) is 107 Å². The molecule has 0 aliphatic carbocycles. The van der Waals surface area contributed by atoms with Crippen LogP contribution in [0.1, 0.15) is 23.7 Å². The number of anilines is 1. The summed E-state index contributed by atoms with van der Waals surface area (Å²) in [4.78, 5) is 22.2. The Bertz CT molecular complexity index is 532. The third-order valence-electron chi connectivity index (χ3n) is 3.58. The monoisotopic (exact) mass is 279 g/mol. The van der Waals surface area contributed by atoms with Gasteiger partial charge in [0.1, 0.15) is 5.69 Å². The van der Waals surface area contributed by atoms with Crippen LogP contribution in [-0.4, -0.2) is 30.1 Å². The van der Waals surface area contributed by atoms with Crippen LogP contribution in [0.3, 0.4) is 0 Å². The number of carbonyl (C=O) groups excluding carboxylic acids is 1. The van der Waals surface area contributed by atoms with E-state index < -0.39 is 10.8 Å². The summed E-state index contributed by atoms with van der Waals surface area (Å²) < 4.78 is 5.41. The number of carbonyl (C=O) groups is 1. The van der Waals surface area contributed by atoms with Gasteiger partial charge in [0.05, 0.1) is 16.6 Å². The van der Waals surface area contributed by atoms with Crippen LogP contribution in [0.4, 0.5) is 11.4 Å². The molecule has 2 rings (SSSR count). The highest BCUT2D eigenvalue weighted by atomic mass is 16.6. The molecule has 2 atom stereocenters. The van der Waals surface area contributed by atoms with Crippen LogP contribution in [0.15, 0.2) is 18.2 Å². The van der Waals surface area contributed by atoms with E-state index >= 15 is 0 Å². The number of nitrogens with two attached hydrogens (primary N) is 1. The second-order valence-corrected chi connectivity index (χ2v) is 4.83. The molecule has 1 aromatic carbocycles. The molecule has 0 saturated carbocycles. The number of para-hydroxylation sites is 1. The summed E-state index contributed by atoms with van der Waals surface area (Å²) in [6, 6.07) is 4.20. The van der Waals surface area contributed by atoms with Gasteiger partial charge in [-0.05, 0) is 19.4 Å². The quantitative estimate of drug-likeness (QED) is 0.491. The molecular weight excluding hydrogens is 262 g/mol. The smallest absolute Gasteiger partial charge is 0.292 e. The average molecular weight is 279 g/mol. The van der Waals surface area contributed by atoms with Crippen LogP contribution in [-0.2, 0) is 4.74 Å². The van der Waals surface area contributed by atoms with Gasteiger partial charge in [-0.15, -0.1) is 0 Å². The van der Waals surface area contributed by atoms with Crippen LogP contribution in [0, 0.1) is 16.0 Å². The molecule has 3 N–H and O–H groups in total. The molecular formula is C13H17N3O4. The molecule has 108 valence electrons. The molecule has 2 unspecified atom stereocenters. The second-order valence-electron chi connectivity index (χ2n) is 4.83. The largest absolute Gasteiger partial charge is 0.393 e. The first-order valence-electron chi connectivity index (χ1n) is 6.43. The van der Waals surface area contributed by atoms with Gasteiger partial charge in [-0.2, -0.15) is 0 Å². The minimum absolute atomic E-state index is 0.106. The van der Waals surface area contributed by atoms with E-state index in [0.29, 0.717) is 13.2 Å². The minimum atomic E-state index is -0.598. The molecule has 7 heteroatoms. The van der Waals surface area contributed by atoms with Gasteiger partial charge in [0.25, 0.3) is 11.6 Å². The predicted octanol–water partition coefficient (Wildman–Crippen LogP) is 1.33. The Hall–Kier alpha value is -2.15. The maximum Gasteiger partial charge on any atom is 0.292 e. The van der Waals surface area contributed by atoms with Gasteiger partial charge in [-0.3, -0.25) is 14.9 Å². The third kappa shape index (κ3) is 2.88. The molecule has 0 spiro atoms. The lowest BCUT2D eigenvalue weighted by Crippen LogP contribution is -2.32. The van der Waals surface area contributed by atoms with Crippen molar-refractivity contribution in [1.82, 2.24) is 5.32 Å². The Kier molecular flexibility index (Phi) is 4.19. The van der Waals surface area contributed by atoms with E-state index in [4.69, 9.17) is 10.5 Å². The highest BCUT2D eigenvalue weighted by Gasteiger charge is 2.25. The fraction of sp³-hybridized carbons (Fsp3) is 0.462. The van der Waals surface area contributed by atoms with Crippen molar-refractivity contribution in [1.29, 1.82) is 0 Å². The summed E-state index contributed by atoms with van der Waals surface area (Å²) in [5, 5.41) is 13.5. The van der Waals surface area contributed by atoms with Crippen molar-refractivity contribution in [3.8, 4) is 0 Å². The number of nitrogens with one attached hydrogen (secondary N) is 1. The summed E-state index contributed by atoms with van der Waals surface area (Å²) >= 11 is 0. The van der Waals surface area contributed by atoms with Crippen LogP contribution in [0.2, 0.25) is 0 Å². The summed E-state index contributed by atoms with van der Waals surface area (Å²) in [6.07, 6.45) is 1.00. The third-order valence-corrected chi connectivity index (χ3v) is 3.58. The van der Waals surface area contributed by atoms with Gasteiger partial charge in [0.15, 0.2) is 0 Å². The van der Waals surface area contributed by atoms with Gasteiger partial charge in [-0.25, -0.2) is 0 Å². The van der Waals surface area contributed by atoms with E-state index in [1.54, 1.807) is 0 Å². The van der Waals surface area contributed by atoms with E-state index in [-0.39, 0.29) is 29.0 Å². The summed E-state index contributed by atoms with van der Waals surface area (Å²) in [5.41, 5.74) is 5.44. The summed E-state index contributed by atoms with van der Waals surface area (Å²) in [7, 11) is 0. The van der Waals surface area contributed by atoms with Crippen molar-refractivity contribution in [3.63, 3.8) is 0 Å². The van der Waals surface area contributed by atoms with Gasteiger partial charge in [0, 0.05) is 25.1 Å². The van der Waals surface area contributed by atoms with Crippen molar-refractivity contribution < 1.29 is 14.5 Å². The lowest BCUT2D eigenvalue weighted by molar-refractivity contribution is -0.383. The van der Waals surface area contributed by atoms with Gasteiger partial charge in [-0.1, -0.05) is 6.07 Å². The van der Waals surface area contributed by atoms with Gasteiger partial charge < -0.3 is 15.8 Å². The van der Waals surface area contributed by atoms with Crippen molar-refractivity contribution in [2.24, 2.45) is 5.92 Å². The van der Waals surface area contributed by atoms with Gasteiger partial charge >= 0.3 is 0 Å². The standard InChI is InChI=1S/C13H17N3O4/c1-8-9(5-6-20-8)7-15-13(17)10-3-2-4-11(12(10)14)16(18)19/h2-4,8-9H,5-7,14H2,1H3,(H,15,17). The first-order chi connectivity index (χ1) is 9.50. The molecule has 1 aliphatic rings. The number of hydrogen-bond donors (Lipinski definition) is 2. The number of nitro groups is 1. The lowest BCUT2D eigenvalue weighted by Gasteiger charge is -2.15. The first kappa shape index (κ1) is 14.3. The molecule has 0 radical (unpaired) electrons. The molecule has 0 aromatic heterocycles. The number of amides is 1. The SMILES string of the molecule is CC1OCCC1CNC(=O)c1cccc([N+](=O)[O-])c1N. The normalized spacial score (nSPS) is 21.6. The van der Waals surface area contributed by atoms with E-state index in [0.717, 1.165) is 6.42 Å². The number of nitro benzene ring substituents is 1. The van der Waals surface area contributed by atoms with Gasteiger partial charge in [0.2, 0.25) is 0 Å². The highest BCUT2D eigenvalue weighted by molar-refractivity contribution is 6.00. The molecule has 1 aromatic rings. The maximum atomic E-state index is 12.0. The minimum Gasteiger partial charge on any atom is -0.393 e. The zero-order valence-electron chi connectivity index (χ0n) is 11.2. The molecule has 20 heavy (non-hydrogen) atoms. The Morgan fingerprint density at radius 3 is 2.95 bits per heavy atom. The van der Waals surface area contributed by atoms with Crippen molar-refractivity contribution in [2.45, 2.75) is 19.4 Å². The molecule has 1 fully saturated rings. The first-order valence-corrected chi connectivity index (χ1v) is 6.43. The van der Waals surface area contributed by atoms with E-state index in [2.05, 4.69) is 5.32 Å². The Morgan fingerprint density at radius 1 is 1.60 bits per heavy atom. The number of ether oxygens (including phenoxy) is 1. The highest BCUT2D eigenvalue weighted by Crippen LogP contribution is 2.25. The zero-order chi connectivity index (χ0) is 14.7. The van der Waals surface area contributed by atoms with Crippen LogP contribution in [0.25, 0.3) is 0 Å². The predicted molar refractivity (Wildman–Crippen MR) is 73.4 cm³/mol. The van der Waals surface area contributed by atoms with E-state index in [9.17, 15) is 14.9 Å². The number of nitrogens with zero attached hydrogens (tertiary/aromatic N) is 1. The maximum absolute atomic E-state index is 12.0. The summed E-state index contributed by atoms with van der Waals surface area (Å²) in [6.45, 7) is 3.13. The fourth-order valence-electron chi connectivity index (χ4n) is 2.27. The van der Waals surface area contributed by atoms with E-state index in [1.807, 2.05) is 6.92 Å². The number of benzene rings is 1. The van der Waals surface area contributed by atoms with Crippen molar-refractivity contribution in [3.05, 3.63) is 33.9 Å². The second kappa shape index (κ2) is 5.87.